The maximum absolute atomic E-state index is 11.7. The fourth-order valence-corrected chi connectivity index (χ4v) is 1.97. The Morgan fingerprint density at radius 2 is 1.68 bits per heavy atom. The fraction of sp³-hybridized carbons (Fsp3) is 0.188. The predicted octanol–water partition coefficient (Wildman–Crippen LogP) is 1.89. The van der Waals surface area contributed by atoms with E-state index in [2.05, 4.69) is 5.43 Å². The van der Waals surface area contributed by atoms with Gasteiger partial charge in [-0.15, -0.1) is 0 Å². The summed E-state index contributed by atoms with van der Waals surface area (Å²) in [7, 11) is 2.99. The van der Waals surface area contributed by atoms with Crippen LogP contribution in [0.3, 0.4) is 0 Å². The Morgan fingerprint density at radius 1 is 1.09 bits per heavy atom. The zero-order valence-electron chi connectivity index (χ0n) is 12.5. The lowest BCUT2D eigenvalue weighted by atomic mass is 10.1. The van der Waals surface area contributed by atoms with E-state index in [4.69, 9.17) is 20.1 Å². The normalized spacial score (nSPS) is 9.95. The van der Waals surface area contributed by atoms with Gasteiger partial charge in [0.15, 0.2) is 11.5 Å². The number of nitrogens with two attached hydrogens (primary N) is 1. The molecule has 6 heteroatoms. The molecular formula is C16H18N2O4. The lowest BCUT2D eigenvalue weighted by Crippen LogP contribution is -2.30. The number of hydrogen-bond acceptors (Lipinski definition) is 5. The monoisotopic (exact) mass is 302 g/mol. The van der Waals surface area contributed by atoms with Crippen molar-refractivity contribution in [2.24, 2.45) is 5.84 Å². The number of rotatable bonds is 6. The van der Waals surface area contributed by atoms with Gasteiger partial charge in [-0.1, -0.05) is 30.3 Å². The van der Waals surface area contributed by atoms with Gasteiger partial charge in [-0.3, -0.25) is 10.2 Å². The number of benzene rings is 2. The quantitative estimate of drug-likeness (QED) is 0.484. The third-order valence-corrected chi connectivity index (χ3v) is 3.08. The molecule has 2 aromatic carbocycles. The maximum atomic E-state index is 11.7. The SMILES string of the molecule is COc1cc(C(=O)NN)cc(OC)c1OCc1ccccc1. The number of carbonyl (C=O) groups excluding carboxylic acids is 1. The molecule has 0 spiro atoms. The molecule has 22 heavy (non-hydrogen) atoms. The molecule has 0 aromatic heterocycles. The largest absolute Gasteiger partial charge is 0.493 e. The van der Waals surface area contributed by atoms with Crippen LogP contribution in [0.4, 0.5) is 0 Å². The van der Waals surface area contributed by atoms with Crippen LogP contribution in [-0.4, -0.2) is 20.1 Å². The van der Waals surface area contributed by atoms with Gasteiger partial charge < -0.3 is 14.2 Å². The predicted molar refractivity (Wildman–Crippen MR) is 82.0 cm³/mol. The summed E-state index contributed by atoms with van der Waals surface area (Å²) in [5.41, 5.74) is 3.40. The van der Waals surface area contributed by atoms with Crippen molar-refractivity contribution in [3.8, 4) is 17.2 Å². The molecule has 0 saturated heterocycles. The minimum atomic E-state index is -0.439. The molecule has 0 radical (unpaired) electrons. The number of hydrazine groups is 1. The standard InChI is InChI=1S/C16H18N2O4/c1-20-13-8-12(16(19)18-17)9-14(21-2)15(13)22-10-11-6-4-3-5-7-11/h3-9H,10,17H2,1-2H3,(H,18,19). The molecule has 0 fully saturated rings. The van der Waals surface area contributed by atoms with Crippen molar-refractivity contribution >= 4 is 5.91 Å². The Balaban J connectivity index is 2.31. The fourth-order valence-electron chi connectivity index (χ4n) is 1.97. The van der Waals surface area contributed by atoms with Crippen molar-refractivity contribution in [2.45, 2.75) is 6.61 Å². The smallest absolute Gasteiger partial charge is 0.265 e. The first-order valence-corrected chi connectivity index (χ1v) is 6.63. The lowest BCUT2D eigenvalue weighted by molar-refractivity contribution is 0.0952. The average molecular weight is 302 g/mol. The summed E-state index contributed by atoms with van der Waals surface area (Å²) in [5, 5.41) is 0. The Labute approximate surface area is 128 Å². The van der Waals surface area contributed by atoms with Crippen LogP contribution in [0.2, 0.25) is 0 Å². The number of methoxy groups -OCH3 is 2. The van der Waals surface area contributed by atoms with Crippen LogP contribution in [0.25, 0.3) is 0 Å². The van der Waals surface area contributed by atoms with E-state index in [1.807, 2.05) is 30.3 Å². The molecular weight excluding hydrogens is 284 g/mol. The zero-order chi connectivity index (χ0) is 15.9. The summed E-state index contributed by atoms with van der Waals surface area (Å²) < 4.78 is 16.4. The van der Waals surface area contributed by atoms with Crippen molar-refractivity contribution in [1.82, 2.24) is 5.43 Å². The van der Waals surface area contributed by atoms with Crippen molar-refractivity contribution < 1.29 is 19.0 Å². The van der Waals surface area contributed by atoms with E-state index < -0.39 is 5.91 Å². The molecule has 3 N–H and O–H groups in total. The van der Waals surface area contributed by atoms with Gasteiger partial charge in [-0.25, -0.2) is 5.84 Å². The van der Waals surface area contributed by atoms with Crippen LogP contribution >= 0.6 is 0 Å². The van der Waals surface area contributed by atoms with E-state index in [1.54, 1.807) is 12.1 Å². The summed E-state index contributed by atoms with van der Waals surface area (Å²) >= 11 is 0. The first kappa shape index (κ1) is 15.7. The third kappa shape index (κ3) is 3.48. The highest BCUT2D eigenvalue weighted by atomic mass is 16.5. The van der Waals surface area contributed by atoms with Gasteiger partial charge >= 0.3 is 0 Å². The molecule has 2 aromatic rings. The van der Waals surface area contributed by atoms with Crippen molar-refractivity contribution in [3.63, 3.8) is 0 Å². The van der Waals surface area contributed by atoms with Gasteiger partial charge in [0.05, 0.1) is 14.2 Å². The minimum absolute atomic E-state index is 0.322. The van der Waals surface area contributed by atoms with Gasteiger partial charge in [-0.05, 0) is 17.7 Å². The van der Waals surface area contributed by atoms with Gasteiger partial charge in [0.25, 0.3) is 5.91 Å². The van der Waals surface area contributed by atoms with E-state index in [0.717, 1.165) is 5.56 Å². The zero-order valence-corrected chi connectivity index (χ0v) is 12.5. The topological polar surface area (TPSA) is 82.8 Å². The van der Waals surface area contributed by atoms with Crippen LogP contribution < -0.4 is 25.5 Å². The second-order valence-corrected chi connectivity index (χ2v) is 4.46. The number of carbonyl (C=O) groups is 1. The molecule has 0 saturated carbocycles. The van der Waals surface area contributed by atoms with Crippen LogP contribution in [-0.2, 0) is 6.61 Å². The molecule has 2 rings (SSSR count). The van der Waals surface area contributed by atoms with Crippen molar-refractivity contribution in [1.29, 1.82) is 0 Å². The highest BCUT2D eigenvalue weighted by Gasteiger charge is 2.17. The first-order chi connectivity index (χ1) is 10.7. The van der Waals surface area contributed by atoms with Gasteiger partial charge in [0.1, 0.15) is 6.61 Å². The third-order valence-electron chi connectivity index (χ3n) is 3.08. The van der Waals surface area contributed by atoms with Gasteiger partial charge in [0.2, 0.25) is 5.75 Å². The van der Waals surface area contributed by atoms with Gasteiger partial charge in [0, 0.05) is 5.56 Å². The molecule has 0 atom stereocenters. The maximum Gasteiger partial charge on any atom is 0.265 e. The molecule has 1 amide bonds. The second-order valence-electron chi connectivity index (χ2n) is 4.46. The molecule has 116 valence electrons. The van der Waals surface area contributed by atoms with Crippen LogP contribution in [0, 0.1) is 0 Å². The number of ether oxygens (including phenoxy) is 3. The highest BCUT2D eigenvalue weighted by Crippen LogP contribution is 2.39. The number of hydrogen-bond donors (Lipinski definition) is 2. The van der Waals surface area contributed by atoms with Crippen LogP contribution in [0.15, 0.2) is 42.5 Å². The summed E-state index contributed by atoms with van der Waals surface area (Å²) in [5.74, 6) is 5.94. The Morgan fingerprint density at radius 3 is 2.18 bits per heavy atom. The Bertz CT molecular complexity index is 619. The summed E-state index contributed by atoms with van der Waals surface area (Å²) in [6.07, 6.45) is 0. The van der Waals surface area contributed by atoms with Crippen LogP contribution in [0.1, 0.15) is 15.9 Å². The van der Waals surface area contributed by atoms with E-state index >= 15 is 0 Å². The van der Waals surface area contributed by atoms with E-state index in [9.17, 15) is 4.79 Å². The molecule has 6 nitrogen and oxygen atoms in total. The van der Waals surface area contributed by atoms with E-state index in [1.165, 1.54) is 14.2 Å². The van der Waals surface area contributed by atoms with Crippen LogP contribution in [0.5, 0.6) is 17.2 Å². The van der Waals surface area contributed by atoms with E-state index in [0.29, 0.717) is 29.4 Å². The average Bonchev–Trinajstić information content (AvgIpc) is 2.59. The highest BCUT2D eigenvalue weighted by molar-refractivity contribution is 5.95. The molecule has 0 aliphatic carbocycles. The second kappa shape index (κ2) is 7.33. The molecule has 0 aliphatic heterocycles. The summed E-state index contributed by atoms with van der Waals surface area (Å²) in [4.78, 5) is 11.7. The Kier molecular flexibility index (Phi) is 5.21. The molecule has 0 aliphatic rings. The summed E-state index contributed by atoms with van der Waals surface area (Å²) in [6, 6.07) is 12.8. The lowest BCUT2D eigenvalue weighted by Gasteiger charge is -2.15. The first-order valence-electron chi connectivity index (χ1n) is 6.63. The number of amides is 1. The van der Waals surface area contributed by atoms with Gasteiger partial charge in [-0.2, -0.15) is 0 Å². The molecule has 0 bridgehead atoms. The number of nitrogens with one attached hydrogen (secondary N) is 1. The molecule has 0 unspecified atom stereocenters. The minimum Gasteiger partial charge on any atom is -0.493 e. The molecule has 0 heterocycles. The Hall–Kier alpha value is -2.73. The number of nitrogen functional groups attached to an aromatic ring is 1. The van der Waals surface area contributed by atoms with Crippen molar-refractivity contribution in [3.05, 3.63) is 53.6 Å². The summed E-state index contributed by atoms with van der Waals surface area (Å²) in [6.45, 7) is 0.357. The van der Waals surface area contributed by atoms with Crippen molar-refractivity contribution in [2.75, 3.05) is 14.2 Å². The van der Waals surface area contributed by atoms with E-state index in [-0.39, 0.29) is 0 Å².